The maximum absolute atomic E-state index is 12.8. The third-order valence-electron chi connectivity index (χ3n) is 3.59. The van der Waals surface area contributed by atoms with Gasteiger partial charge in [-0.1, -0.05) is 11.6 Å². The second-order valence-corrected chi connectivity index (χ2v) is 5.98. The summed E-state index contributed by atoms with van der Waals surface area (Å²) in [7, 11) is 0. The zero-order valence-electron chi connectivity index (χ0n) is 14.0. The van der Waals surface area contributed by atoms with Crippen LogP contribution in [0.3, 0.4) is 0 Å². The van der Waals surface area contributed by atoms with Gasteiger partial charge in [0.15, 0.2) is 6.61 Å². The summed E-state index contributed by atoms with van der Waals surface area (Å²) in [6.45, 7) is -0.679. The topological polar surface area (TPSA) is 81.2 Å². The smallest absolute Gasteiger partial charge is 0.417 e. The lowest BCUT2D eigenvalue weighted by Crippen LogP contribution is -2.21. The predicted octanol–water partition coefficient (Wildman–Crippen LogP) is 4.10. The van der Waals surface area contributed by atoms with Crippen LogP contribution in [-0.2, 0) is 15.7 Å². The van der Waals surface area contributed by atoms with E-state index in [2.05, 4.69) is 15.3 Å². The highest BCUT2D eigenvalue weighted by Crippen LogP contribution is 2.36. The van der Waals surface area contributed by atoms with Gasteiger partial charge < -0.3 is 10.1 Å². The highest BCUT2D eigenvalue weighted by Gasteiger charge is 2.33. The lowest BCUT2D eigenvalue weighted by molar-refractivity contribution is -0.137. The number of carbonyl (C=O) groups excluding carboxylic acids is 2. The Morgan fingerprint density at radius 1 is 1.04 bits per heavy atom. The molecule has 2 aromatic carbocycles. The van der Waals surface area contributed by atoms with Crippen LogP contribution < -0.4 is 5.32 Å². The van der Waals surface area contributed by atoms with Crippen molar-refractivity contribution in [2.75, 3.05) is 11.9 Å². The van der Waals surface area contributed by atoms with Crippen molar-refractivity contribution in [3.8, 4) is 0 Å². The molecule has 0 saturated heterocycles. The molecule has 1 heterocycles. The molecule has 1 N–H and O–H groups in total. The molecule has 0 spiro atoms. The Morgan fingerprint density at radius 2 is 1.75 bits per heavy atom. The Kier molecular flexibility index (Phi) is 5.46. The van der Waals surface area contributed by atoms with E-state index in [1.165, 1.54) is 30.6 Å². The molecule has 0 saturated carbocycles. The summed E-state index contributed by atoms with van der Waals surface area (Å²) in [6.07, 6.45) is -1.69. The number of alkyl halides is 3. The number of hydrogen-bond donors (Lipinski definition) is 1. The maximum Gasteiger partial charge on any atom is 0.417 e. The van der Waals surface area contributed by atoms with E-state index in [9.17, 15) is 22.8 Å². The van der Waals surface area contributed by atoms with E-state index >= 15 is 0 Å². The summed E-state index contributed by atoms with van der Waals surface area (Å²) in [4.78, 5) is 32.1. The highest BCUT2D eigenvalue weighted by atomic mass is 35.5. The number of hydrogen-bond acceptors (Lipinski definition) is 5. The molecule has 28 heavy (non-hydrogen) atoms. The van der Waals surface area contributed by atoms with E-state index in [4.69, 9.17) is 16.3 Å². The van der Waals surface area contributed by atoms with Gasteiger partial charge in [-0.05, 0) is 36.4 Å². The lowest BCUT2D eigenvalue weighted by atomic mass is 10.2. The largest absolute Gasteiger partial charge is 0.452 e. The molecule has 0 aliphatic rings. The van der Waals surface area contributed by atoms with Crippen molar-refractivity contribution in [2.45, 2.75) is 6.18 Å². The first-order valence-corrected chi connectivity index (χ1v) is 8.16. The third kappa shape index (κ3) is 4.55. The number of amides is 1. The van der Waals surface area contributed by atoms with Gasteiger partial charge in [0.05, 0.1) is 27.2 Å². The average molecular weight is 410 g/mol. The van der Waals surface area contributed by atoms with Gasteiger partial charge in [0.25, 0.3) is 5.91 Å². The first-order valence-electron chi connectivity index (χ1n) is 7.78. The fraction of sp³-hybridized carbons (Fsp3) is 0.111. The monoisotopic (exact) mass is 409 g/mol. The molecule has 0 unspecified atom stereocenters. The minimum atomic E-state index is -4.66. The first-order chi connectivity index (χ1) is 13.2. The van der Waals surface area contributed by atoms with E-state index in [-0.39, 0.29) is 11.3 Å². The van der Waals surface area contributed by atoms with E-state index in [1.54, 1.807) is 6.07 Å². The summed E-state index contributed by atoms with van der Waals surface area (Å²) in [5.41, 5.74) is 0.00823. The van der Waals surface area contributed by atoms with Crippen molar-refractivity contribution in [3.05, 3.63) is 64.9 Å². The summed E-state index contributed by atoms with van der Waals surface area (Å²) in [6, 6.07) is 7.42. The first kappa shape index (κ1) is 19.6. The number of nitrogens with one attached hydrogen (secondary N) is 1. The maximum atomic E-state index is 12.8. The molecular weight excluding hydrogens is 399 g/mol. The van der Waals surface area contributed by atoms with Crippen LogP contribution in [0.4, 0.5) is 18.9 Å². The summed E-state index contributed by atoms with van der Waals surface area (Å²) >= 11 is 5.52. The van der Waals surface area contributed by atoms with Gasteiger partial charge >= 0.3 is 12.1 Å². The standard InChI is InChI=1S/C18H11ClF3N3O3/c19-13-3-2-11(8-12(13)18(20,21)22)25-16(26)9-28-17(27)10-1-4-14-15(7-10)24-6-5-23-14/h1-8H,9H2,(H,25,26). The van der Waals surface area contributed by atoms with Gasteiger partial charge in [0.2, 0.25) is 0 Å². The van der Waals surface area contributed by atoms with Gasteiger partial charge in [-0.2, -0.15) is 13.2 Å². The quantitative estimate of drug-likeness (QED) is 0.656. The molecule has 144 valence electrons. The van der Waals surface area contributed by atoms with Crippen molar-refractivity contribution in [1.82, 2.24) is 9.97 Å². The fourth-order valence-electron chi connectivity index (χ4n) is 2.32. The molecular formula is C18H11ClF3N3O3. The van der Waals surface area contributed by atoms with E-state index in [0.29, 0.717) is 17.1 Å². The van der Waals surface area contributed by atoms with Crippen LogP contribution in [0, 0.1) is 0 Å². The number of carbonyl (C=O) groups is 2. The Hall–Kier alpha value is -3.20. The van der Waals surface area contributed by atoms with Crippen molar-refractivity contribution in [3.63, 3.8) is 0 Å². The van der Waals surface area contributed by atoms with Crippen LogP contribution >= 0.6 is 11.6 Å². The number of rotatable bonds is 4. The Balaban J connectivity index is 1.63. The molecule has 10 heteroatoms. The van der Waals surface area contributed by atoms with Crippen molar-refractivity contribution < 1.29 is 27.5 Å². The molecule has 1 aromatic heterocycles. The number of halogens is 4. The van der Waals surface area contributed by atoms with Gasteiger partial charge in [-0.15, -0.1) is 0 Å². The number of esters is 1. The van der Waals surface area contributed by atoms with Gasteiger partial charge in [-0.25, -0.2) is 4.79 Å². The second kappa shape index (κ2) is 7.81. The van der Waals surface area contributed by atoms with Gasteiger partial charge in [0.1, 0.15) is 0 Å². The Morgan fingerprint density at radius 3 is 2.46 bits per heavy atom. The molecule has 3 aromatic rings. The molecule has 0 atom stereocenters. The third-order valence-corrected chi connectivity index (χ3v) is 3.92. The average Bonchev–Trinajstić information content (AvgIpc) is 2.66. The minimum absolute atomic E-state index is 0.126. The normalized spacial score (nSPS) is 11.3. The van der Waals surface area contributed by atoms with Crippen LogP contribution in [0.5, 0.6) is 0 Å². The summed E-state index contributed by atoms with van der Waals surface area (Å²) in [5.74, 6) is -1.58. The Bertz CT molecular complexity index is 1060. The lowest BCUT2D eigenvalue weighted by Gasteiger charge is -2.12. The van der Waals surface area contributed by atoms with Crippen LogP contribution in [0.1, 0.15) is 15.9 Å². The number of fused-ring (bicyclic) bond motifs is 1. The summed E-state index contributed by atoms with van der Waals surface area (Å²) in [5, 5.41) is 1.73. The van der Waals surface area contributed by atoms with E-state index in [1.807, 2.05) is 0 Å². The van der Waals surface area contributed by atoms with Crippen molar-refractivity contribution >= 4 is 40.2 Å². The van der Waals surface area contributed by atoms with Crippen molar-refractivity contribution in [2.24, 2.45) is 0 Å². The molecule has 0 bridgehead atoms. The molecule has 0 fully saturated rings. The van der Waals surface area contributed by atoms with E-state index < -0.39 is 35.2 Å². The van der Waals surface area contributed by atoms with Gasteiger partial charge in [0, 0.05) is 18.1 Å². The molecule has 0 aliphatic heterocycles. The Labute approximate surface area is 161 Å². The number of ether oxygens (including phenoxy) is 1. The molecule has 0 aliphatic carbocycles. The second-order valence-electron chi connectivity index (χ2n) is 5.58. The van der Waals surface area contributed by atoms with Gasteiger partial charge in [-0.3, -0.25) is 14.8 Å². The number of anilines is 1. The van der Waals surface area contributed by atoms with E-state index in [0.717, 1.165) is 6.07 Å². The predicted molar refractivity (Wildman–Crippen MR) is 94.9 cm³/mol. The molecule has 3 rings (SSSR count). The van der Waals surface area contributed by atoms with Crippen LogP contribution in [0.25, 0.3) is 11.0 Å². The van der Waals surface area contributed by atoms with Crippen molar-refractivity contribution in [1.29, 1.82) is 0 Å². The zero-order valence-corrected chi connectivity index (χ0v) is 14.7. The van der Waals surface area contributed by atoms with Crippen LogP contribution in [-0.4, -0.2) is 28.5 Å². The highest BCUT2D eigenvalue weighted by molar-refractivity contribution is 6.31. The SMILES string of the molecule is O=C(COC(=O)c1ccc2nccnc2c1)Nc1ccc(Cl)c(C(F)(F)F)c1. The molecule has 0 radical (unpaired) electrons. The summed E-state index contributed by atoms with van der Waals surface area (Å²) < 4.78 is 43.4. The molecule has 6 nitrogen and oxygen atoms in total. The van der Waals surface area contributed by atoms with Crippen LogP contribution in [0.2, 0.25) is 5.02 Å². The van der Waals surface area contributed by atoms with Crippen LogP contribution in [0.15, 0.2) is 48.8 Å². The zero-order chi connectivity index (χ0) is 20.3. The number of benzene rings is 2. The number of aromatic nitrogens is 2. The minimum Gasteiger partial charge on any atom is -0.452 e. The number of nitrogens with zero attached hydrogens (tertiary/aromatic N) is 2. The molecule has 1 amide bonds. The fourth-order valence-corrected chi connectivity index (χ4v) is 2.55.